The van der Waals surface area contributed by atoms with E-state index in [9.17, 15) is 14.7 Å². The van der Waals surface area contributed by atoms with Crippen molar-refractivity contribution in [2.24, 2.45) is 0 Å². The molecule has 3 rings (SSSR count). The first-order chi connectivity index (χ1) is 11.5. The van der Waals surface area contributed by atoms with E-state index in [0.29, 0.717) is 18.5 Å². The maximum atomic E-state index is 12.7. The molecule has 124 valence electrons. The van der Waals surface area contributed by atoms with Gasteiger partial charge in [-0.25, -0.2) is 9.59 Å². The van der Waals surface area contributed by atoms with Crippen LogP contribution in [0.25, 0.3) is 0 Å². The minimum absolute atomic E-state index is 0.105. The number of carboxylic acid groups (broad SMARTS) is 1. The molecule has 2 aromatic carbocycles. The number of para-hydroxylation sites is 1. The number of anilines is 1. The van der Waals surface area contributed by atoms with Gasteiger partial charge >= 0.3 is 12.1 Å². The van der Waals surface area contributed by atoms with Gasteiger partial charge in [0.15, 0.2) is 0 Å². The highest BCUT2D eigenvalue weighted by Crippen LogP contribution is 2.37. The zero-order valence-electron chi connectivity index (χ0n) is 13.4. The SMILES string of the molecule is C[C@@]1(C(=O)O)CCc2ccccc2N1C(=O)OCc1ccccc1. The van der Waals surface area contributed by atoms with Crippen molar-refractivity contribution in [3.05, 3.63) is 65.7 Å². The van der Waals surface area contributed by atoms with Crippen LogP contribution in [0.15, 0.2) is 54.6 Å². The van der Waals surface area contributed by atoms with Gasteiger partial charge < -0.3 is 9.84 Å². The lowest BCUT2D eigenvalue weighted by Crippen LogP contribution is -2.58. The predicted molar refractivity (Wildman–Crippen MR) is 89.9 cm³/mol. The highest BCUT2D eigenvalue weighted by Gasteiger charge is 2.47. The summed E-state index contributed by atoms with van der Waals surface area (Å²) < 4.78 is 5.39. The summed E-state index contributed by atoms with van der Waals surface area (Å²) in [5, 5.41) is 9.68. The maximum absolute atomic E-state index is 12.7. The Hall–Kier alpha value is -2.82. The number of rotatable bonds is 3. The summed E-state index contributed by atoms with van der Waals surface area (Å²) >= 11 is 0. The van der Waals surface area contributed by atoms with Gasteiger partial charge in [0.1, 0.15) is 12.1 Å². The van der Waals surface area contributed by atoms with E-state index in [2.05, 4.69) is 0 Å². The highest BCUT2D eigenvalue weighted by atomic mass is 16.6. The Morgan fingerprint density at radius 1 is 1.12 bits per heavy atom. The van der Waals surface area contributed by atoms with Gasteiger partial charge in [0, 0.05) is 0 Å². The van der Waals surface area contributed by atoms with E-state index in [1.54, 1.807) is 19.1 Å². The van der Waals surface area contributed by atoms with Gasteiger partial charge in [0.25, 0.3) is 0 Å². The van der Waals surface area contributed by atoms with Gasteiger partial charge in [0.05, 0.1) is 5.69 Å². The topological polar surface area (TPSA) is 66.8 Å². The second kappa shape index (κ2) is 6.35. The summed E-state index contributed by atoms with van der Waals surface area (Å²) in [6.07, 6.45) is 0.317. The molecule has 0 aromatic heterocycles. The largest absolute Gasteiger partial charge is 0.479 e. The summed E-state index contributed by atoms with van der Waals surface area (Å²) in [5.41, 5.74) is 1.09. The Morgan fingerprint density at radius 2 is 1.79 bits per heavy atom. The lowest BCUT2D eigenvalue weighted by atomic mass is 9.86. The number of nitrogens with zero attached hydrogens (tertiary/aromatic N) is 1. The number of carboxylic acids is 1. The molecule has 1 aliphatic heterocycles. The molecule has 0 fully saturated rings. The summed E-state index contributed by atoms with van der Waals surface area (Å²) in [4.78, 5) is 25.8. The quantitative estimate of drug-likeness (QED) is 0.936. The van der Waals surface area contributed by atoms with Gasteiger partial charge in [-0.2, -0.15) is 0 Å². The van der Waals surface area contributed by atoms with Gasteiger partial charge in [0.2, 0.25) is 0 Å². The zero-order valence-corrected chi connectivity index (χ0v) is 13.4. The molecule has 1 N–H and O–H groups in total. The van der Waals surface area contributed by atoms with E-state index in [4.69, 9.17) is 4.74 Å². The number of aryl methyl sites for hydroxylation is 1. The first-order valence-corrected chi connectivity index (χ1v) is 7.84. The fourth-order valence-electron chi connectivity index (χ4n) is 2.98. The minimum Gasteiger partial charge on any atom is -0.479 e. The lowest BCUT2D eigenvalue weighted by Gasteiger charge is -2.41. The van der Waals surface area contributed by atoms with E-state index >= 15 is 0 Å². The van der Waals surface area contributed by atoms with Crippen LogP contribution in [0.3, 0.4) is 0 Å². The molecule has 5 heteroatoms. The summed E-state index contributed by atoms with van der Waals surface area (Å²) in [5.74, 6) is -1.03. The molecule has 1 heterocycles. The first-order valence-electron chi connectivity index (χ1n) is 7.84. The third-order valence-corrected chi connectivity index (χ3v) is 4.46. The molecule has 0 aliphatic carbocycles. The number of carbonyl (C=O) groups excluding carboxylic acids is 1. The Labute approximate surface area is 140 Å². The molecule has 0 saturated heterocycles. The maximum Gasteiger partial charge on any atom is 0.415 e. The van der Waals surface area contributed by atoms with Crippen molar-refractivity contribution in [2.45, 2.75) is 31.9 Å². The molecular weight excluding hydrogens is 306 g/mol. The van der Waals surface area contributed by atoms with Gasteiger partial charge in [-0.05, 0) is 37.0 Å². The standard InChI is InChI=1S/C19H19NO4/c1-19(17(21)22)12-11-15-9-5-6-10-16(15)20(19)18(23)24-13-14-7-3-2-4-8-14/h2-10H,11-13H2,1H3,(H,21,22)/t19-/m0/s1. The molecule has 1 atom stereocenters. The van der Waals surface area contributed by atoms with Crippen LogP contribution in [-0.2, 0) is 22.6 Å². The molecule has 0 saturated carbocycles. The number of ether oxygens (including phenoxy) is 1. The molecular formula is C19H19NO4. The number of aliphatic carboxylic acids is 1. The van der Waals surface area contributed by atoms with Crippen LogP contribution in [0.1, 0.15) is 24.5 Å². The molecule has 0 unspecified atom stereocenters. The average Bonchev–Trinajstić information content (AvgIpc) is 2.60. The number of carbonyl (C=O) groups is 2. The minimum atomic E-state index is -1.32. The second-order valence-corrected chi connectivity index (χ2v) is 6.08. The third-order valence-electron chi connectivity index (χ3n) is 4.46. The van der Waals surface area contributed by atoms with E-state index in [-0.39, 0.29) is 6.61 Å². The van der Waals surface area contributed by atoms with Crippen molar-refractivity contribution < 1.29 is 19.4 Å². The van der Waals surface area contributed by atoms with Gasteiger partial charge in [-0.3, -0.25) is 4.90 Å². The molecule has 0 spiro atoms. The van der Waals surface area contributed by atoms with Crippen LogP contribution in [0.2, 0.25) is 0 Å². The Balaban J connectivity index is 1.89. The smallest absolute Gasteiger partial charge is 0.415 e. The van der Waals surface area contributed by atoms with Crippen molar-refractivity contribution in [1.29, 1.82) is 0 Å². The Kier molecular flexibility index (Phi) is 4.25. The van der Waals surface area contributed by atoms with Crippen molar-refractivity contribution in [2.75, 3.05) is 4.90 Å². The van der Waals surface area contributed by atoms with Crippen LogP contribution in [0.4, 0.5) is 10.5 Å². The Bertz CT molecular complexity index is 759. The van der Waals surface area contributed by atoms with Crippen LogP contribution < -0.4 is 4.90 Å². The Morgan fingerprint density at radius 3 is 2.50 bits per heavy atom. The zero-order chi connectivity index (χ0) is 17.2. The molecule has 24 heavy (non-hydrogen) atoms. The van der Waals surface area contributed by atoms with Crippen LogP contribution in [0.5, 0.6) is 0 Å². The fourth-order valence-corrected chi connectivity index (χ4v) is 2.98. The van der Waals surface area contributed by atoms with Crippen LogP contribution in [-0.4, -0.2) is 22.7 Å². The van der Waals surface area contributed by atoms with Crippen LogP contribution in [0, 0.1) is 0 Å². The van der Waals surface area contributed by atoms with Crippen molar-refractivity contribution in [3.8, 4) is 0 Å². The molecule has 0 radical (unpaired) electrons. The van der Waals surface area contributed by atoms with Crippen LogP contribution >= 0.6 is 0 Å². The van der Waals surface area contributed by atoms with Crippen molar-refractivity contribution in [3.63, 3.8) is 0 Å². The van der Waals surface area contributed by atoms with E-state index < -0.39 is 17.6 Å². The molecule has 1 aliphatic rings. The molecule has 1 amide bonds. The third kappa shape index (κ3) is 2.85. The number of hydrogen-bond donors (Lipinski definition) is 1. The van der Waals surface area contributed by atoms with Crippen molar-refractivity contribution >= 4 is 17.7 Å². The summed E-state index contributed by atoms with van der Waals surface area (Å²) in [7, 11) is 0. The normalized spacial score (nSPS) is 19.5. The van der Waals surface area contributed by atoms with Crippen molar-refractivity contribution in [1.82, 2.24) is 0 Å². The molecule has 5 nitrogen and oxygen atoms in total. The fraction of sp³-hybridized carbons (Fsp3) is 0.263. The highest BCUT2D eigenvalue weighted by molar-refractivity contribution is 5.99. The van der Waals surface area contributed by atoms with E-state index in [0.717, 1.165) is 11.1 Å². The number of fused-ring (bicyclic) bond motifs is 1. The lowest BCUT2D eigenvalue weighted by molar-refractivity contribution is -0.143. The number of benzene rings is 2. The molecule has 2 aromatic rings. The van der Waals surface area contributed by atoms with E-state index in [1.165, 1.54) is 4.90 Å². The first kappa shape index (κ1) is 16.1. The number of hydrogen-bond acceptors (Lipinski definition) is 3. The summed E-state index contributed by atoms with van der Waals surface area (Å²) in [6, 6.07) is 16.7. The molecule has 0 bridgehead atoms. The predicted octanol–water partition coefficient (Wildman–Crippen LogP) is 3.62. The summed E-state index contributed by atoms with van der Waals surface area (Å²) in [6.45, 7) is 1.67. The van der Waals surface area contributed by atoms with Gasteiger partial charge in [-0.1, -0.05) is 48.5 Å². The number of amides is 1. The van der Waals surface area contributed by atoms with Gasteiger partial charge in [-0.15, -0.1) is 0 Å². The second-order valence-electron chi connectivity index (χ2n) is 6.08. The van der Waals surface area contributed by atoms with E-state index in [1.807, 2.05) is 42.5 Å². The monoisotopic (exact) mass is 325 g/mol. The average molecular weight is 325 g/mol.